The molecule has 0 aliphatic heterocycles. The second-order valence-electron chi connectivity index (χ2n) is 5.15. The molecule has 0 saturated carbocycles. The molecule has 2 aromatic carbocycles. The van der Waals surface area contributed by atoms with Gasteiger partial charge in [-0.25, -0.2) is 0 Å². The van der Waals surface area contributed by atoms with Crippen molar-refractivity contribution in [3.05, 3.63) is 76.9 Å². The fourth-order valence-electron chi connectivity index (χ4n) is 2.39. The van der Waals surface area contributed by atoms with Crippen molar-refractivity contribution in [3.63, 3.8) is 0 Å². The molecule has 5 heteroatoms. The fourth-order valence-corrected chi connectivity index (χ4v) is 2.51. The third kappa shape index (κ3) is 3.50. The Kier molecular flexibility index (Phi) is 4.55. The lowest BCUT2D eigenvalue weighted by atomic mass is 10.1. The van der Waals surface area contributed by atoms with Crippen molar-refractivity contribution < 1.29 is 9.90 Å². The summed E-state index contributed by atoms with van der Waals surface area (Å²) in [4.78, 5) is 16.6. The van der Waals surface area contributed by atoms with Crippen LogP contribution in [0.5, 0.6) is 0 Å². The molecule has 0 aliphatic carbocycles. The molecule has 3 aromatic rings. The third-order valence-corrected chi connectivity index (χ3v) is 3.85. The highest BCUT2D eigenvalue weighted by atomic mass is 35.5. The zero-order chi connectivity index (χ0) is 16.2. The summed E-state index contributed by atoms with van der Waals surface area (Å²) >= 11 is 5.82. The topological polar surface area (TPSA) is 62.2 Å². The van der Waals surface area contributed by atoms with E-state index in [4.69, 9.17) is 11.6 Å². The number of aromatic nitrogens is 1. The van der Waals surface area contributed by atoms with Gasteiger partial charge in [0.15, 0.2) is 0 Å². The molecule has 0 fully saturated rings. The maximum atomic E-state index is 12.4. The van der Waals surface area contributed by atoms with E-state index < -0.39 is 6.10 Å². The third-order valence-electron chi connectivity index (χ3n) is 3.60. The van der Waals surface area contributed by atoms with E-state index in [2.05, 4.69) is 10.3 Å². The van der Waals surface area contributed by atoms with Gasteiger partial charge in [0.1, 0.15) is 0 Å². The zero-order valence-corrected chi connectivity index (χ0v) is 13.0. The average Bonchev–Trinajstić information content (AvgIpc) is 2.59. The molecule has 0 bridgehead atoms. The number of hydrogen-bond donors (Lipinski definition) is 2. The molecule has 4 nitrogen and oxygen atoms in total. The number of carbonyl (C=O) groups is 1. The number of nitrogens with zero attached hydrogens (tertiary/aromatic N) is 1. The van der Waals surface area contributed by atoms with Crippen LogP contribution in [0.3, 0.4) is 0 Å². The highest BCUT2D eigenvalue weighted by Crippen LogP contribution is 2.18. The largest absolute Gasteiger partial charge is 0.387 e. The van der Waals surface area contributed by atoms with E-state index in [1.54, 1.807) is 48.7 Å². The van der Waals surface area contributed by atoms with E-state index in [-0.39, 0.29) is 12.5 Å². The Morgan fingerprint density at radius 2 is 1.91 bits per heavy atom. The summed E-state index contributed by atoms with van der Waals surface area (Å²) in [5.41, 5.74) is 2.01. The Labute approximate surface area is 138 Å². The monoisotopic (exact) mass is 326 g/mol. The predicted octanol–water partition coefficient (Wildman–Crippen LogP) is 3.35. The lowest BCUT2D eigenvalue weighted by Gasteiger charge is -2.13. The SMILES string of the molecule is O=C(NC[C@@H](O)c1ccc(Cl)cc1)c1cccc2ncccc12. The first-order valence-electron chi connectivity index (χ1n) is 7.20. The summed E-state index contributed by atoms with van der Waals surface area (Å²) < 4.78 is 0. The van der Waals surface area contributed by atoms with Crippen LogP contribution in [-0.2, 0) is 0 Å². The van der Waals surface area contributed by atoms with Gasteiger partial charge in [0.2, 0.25) is 0 Å². The number of halogens is 1. The van der Waals surface area contributed by atoms with Crippen LogP contribution >= 0.6 is 11.6 Å². The van der Waals surface area contributed by atoms with Gasteiger partial charge in [-0.3, -0.25) is 9.78 Å². The summed E-state index contributed by atoms with van der Waals surface area (Å²) in [5, 5.41) is 14.3. The minimum Gasteiger partial charge on any atom is -0.387 e. The van der Waals surface area contributed by atoms with Gasteiger partial charge in [-0.15, -0.1) is 0 Å². The molecule has 3 rings (SSSR count). The molecule has 1 aromatic heterocycles. The van der Waals surface area contributed by atoms with E-state index in [1.807, 2.05) is 12.1 Å². The molecule has 2 N–H and O–H groups in total. The first-order valence-corrected chi connectivity index (χ1v) is 7.58. The van der Waals surface area contributed by atoms with E-state index in [0.717, 1.165) is 10.9 Å². The van der Waals surface area contributed by atoms with Gasteiger partial charge in [-0.05, 0) is 35.9 Å². The highest BCUT2D eigenvalue weighted by molar-refractivity contribution is 6.30. The summed E-state index contributed by atoms with van der Waals surface area (Å²) in [6.07, 6.45) is 0.901. The number of amides is 1. The van der Waals surface area contributed by atoms with Crippen LogP contribution < -0.4 is 5.32 Å². The van der Waals surface area contributed by atoms with Crippen LogP contribution in [0.15, 0.2) is 60.8 Å². The number of nitrogens with one attached hydrogen (secondary N) is 1. The summed E-state index contributed by atoms with van der Waals surface area (Å²) in [5.74, 6) is -0.239. The molecule has 0 aliphatic rings. The number of rotatable bonds is 4. The fraction of sp³-hybridized carbons (Fsp3) is 0.111. The van der Waals surface area contributed by atoms with Crippen molar-refractivity contribution in [1.82, 2.24) is 10.3 Å². The first-order chi connectivity index (χ1) is 11.1. The molecular weight excluding hydrogens is 312 g/mol. The minimum absolute atomic E-state index is 0.122. The van der Waals surface area contributed by atoms with Crippen LogP contribution in [0.2, 0.25) is 5.02 Å². The van der Waals surface area contributed by atoms with Gasteiger partial charge in [0.05, 0.1) is 11.6 Å². The first kappa shape index (κ1) is 15.5. The number of aliphatic hydroxyl groups excluding tert-OH is 1. The quantitative estimate of drug-likeness (QED) is 0.773. The minimum atomic E-state index is -0.788. The van der Waals surface area contributed by atoms with E-state index in [1.165, 1.54) is 0 Å². The van der Waals surface area contributed by atoms with Crippen LogP contribution in [0.1, 0.15) is 22.0 Å². The Morgan fingerprint density at radius 1 is 1.13 bits per heavy atom. The van der Waals surface area contributed by atoms with E-state index >= 15 is 0 Å². The van der Waals surface area contributed by atoms with E-state index in [9.17, 15) is 9.90 Å². The molecule has 23 heavy (non-hydrogen) atoms. The van der Waals surface area contributed by atoms with Gasteiger partial charge in [0, 0.05) is 28.7 Å². The number of aliphatic hydroxyl groups is 1. The Morgan fingerprint density at radius 3 is 2.70 bits per heavy atom. The smallest absolute Gasteiger partial charge is 0.252 e. The molecular formula is C18H15ClN2O2. The summed E-state index contributed by atoms with van der Waals surface area (Å²) in [6.45, 7) is 0.122. The summed E-state index contributed by atoms with van der Waals surface area (Å²) in [6, 6.07) is 15.9. The molecule has 0 radical (unpaired) electrons. The van der Waals surface area contributed by atoms with E-state index in [0.29, 0.717) is 16.1 Å². The van der Waals surface area contributed by atoms with Crippen LogP contribution in [0.4, 0.5) is 0 Å². The van der Waals surface area contributed by atoms with Crippen LogP contribution in [0.25, 0.3) is 10.9 Å². The maximum absolute atomic E-state index is 12.4. The molecule has 0 unspecified atom stereocenters. The van der Waals surface area contributed by atoms with Crippen LogP contribution in [-0.4, -0.2) is 22.5 Å². The highest BCUT2D eigenvalue weighted by Gasteiger charge is 2.13. The normalized spacial score (nSPS) is 12.1. The standard InChI is InChI=1S/C18H15ClN2O2/c19-13-8-6-12(7-9-13)17(22)11-21-18(23)15-3-1-5-16-14(15)4-2-10-20-16/h1-10,17,22H,11H2,(H,21,23)/t17-/m1/s1. The van der Waals surface area contributed by atoms with Crippen LogP contribution in [0, 0.1) is 0 Å². The van der Waals surface area contributed by atoms with Crippen molar-refractivity contribution >= 4 is 28.4 Å². The zero-order valence-electron chi connectivity index (χ0n) is 12.2. The van der Waals surface area contributed by atoms with Gasteiger partial charge in [0.25, 0.3) is 5.91 Å². The van der Waals surface area contributed by atoms with Gasteiger partial charge in [-0.1, -0.05) is 35.9 Å². The molecule has 1 amide bonds. The van der Waals surface area contributed by atoms with Crippen molar-refractivity contribution in [1.29, 1.82) is 0 Å². The second kappa shape index (κ2) is 6.77. The van der Waals surface area contributed by atoms with Crippen molar-refractivity contribution in [2.45, 2.75) is 6.10 Å². The molecule has 1 atom stereocenters. The molecule has 0 saturated heterocycles. The number of fused-ring (bicyclic) bond motifs is 1. The number of pyridine rings is 1. The Bertz CT molecular complexity index is 829. The van der Waals surface area contributed by atoms with Gasteiger partial charge < -0.3 is 10.4 Å². The van der Waals surface area contributed by atoms with Crippen molar-refractivity contribution in [2.24, 2.45) is 0 Å². The summed E-state index contributed by atoms with van der Waals surface area (Å²) in [7, 11) is 0. The number of carbonyl (C=O) groups excluding carboxylic acids is 1. The van der Waals surface area contributed by atoms with Crippen molar-refractivity contribution in [2.75, 3.05) is 6.54 Å². The van der Waals surface area contributed by atoms with Gasteiger partial charge in [-0.2, -0.15) is 0 Å². The molecule has 116 valence electrons. The van der Waals surface area contributed by atoms with Gasteiger partial charge >= 0.3 is 0 Å². The lowest BCUT2D eigenvalue weighted by molar-refractivity contribution is 0.0918. The number of benzene rings is 2. The Balaban J connectivity index is 1.72. The predicted molar refractivity (Wildman–Crippen MR) is 90.5 cm³/mol. The maximum Gasteiger partial charge on any atom is 0.252 e. The second-order valence-corrected chi connectivity index (χ2v) is 5.59. The van der Waals surface area contributed by atoms with Crippen molar-refractivity contribution in [3.8, 4) is 0 Å². The molecule has 1 heterocycles. The lowest BCUT2D eigenvalue weighted by Crippen LogP contribution is -2.28. The average molecular weight is 327 g/mol. The number of hydrogen-bond acceptors (Lipinski definition) is 3. The Hall–Kier alpha value is -2.43. The molecule has 0 spiro atoms.